The summed E-state index contributed by atoms with van der Waals surface area (Å²) in [5, 5.41) is 3.63. The number of hydrogen-bond donors (Lipinski definition) is 1. The molecule has 3 aliphatic carbocycles. The lowest BCUT2D eigenvalue weighted by Crippen LogP contribution is -2.51. The van der Waals surface area contributed by atoms with Crippen LogP contribution >= 0.6 is 11.6 Å². The first-order chi connectivity index (χ1) is 11.6. The predicted octanol–water partition coefficient (Wildman–Crippen LogP) is 2.41. The fourth-order valence-electron chi connectivity index (χ4n) is 4.37. The van der Waals surface area contributed by atoms with Crippen LogP contribution in [-0.2, 0) is 16.6 Å². The molecule has 3 aliphatic rings. The van der Waals surface area contributed by atoms with E-state index >= 15 is 0 Å². The van der Waals surface area contributed by atoms with Gasteiger partial charge in [-0.2, -0.15) is 9.97 Å². The first kappa shape index (κ1) is 15.6. The molecule has 128 valence electrons. The van der Waals surface area contributed by atoms with Gasteiger partial charge in [-0.25, -0.2) is 4.98 Å². The maximum Gasteiger partial charge on any atom is 0.311 e. The summed E-state index contributed by atoms with van der Waals surface area (Å²) in [6, 6.07) is 0.00104. The molecule has 1 N–H and O–H groups in total. The van der Waals surface area contributed by atoms with E-state index in [4.69, 9.17) is 16.3 Å². The highest BCUT2D eigenvalue weighted by Gasteiger charge is 2.48. The van der Waals surface area contributed by atoms with Gasteiger partial charge in [0.05, 0.1) is 19.4 Å². The van der Waals surface area contributed by atoms with Crippen molar-refractivity contribution in [3.8, 4) is 0 Å². The van der Waals surface area contributed by atoms with Crippen LogP contribution in [0.1, 0.15) is 25.7 Å². The number of rotatable bonds is 3. The number of anilines is 1. The molecular weight excluding hydrogens is 330 g/mol. The molecule has 2 aromatic rings. The Morgan fingerprint density at radius 3 is 2.71 bits per heavy atom. The molecule has 2 bridgehead atoms. The van der Waals surface area contributed by atoms with E-state index in [9.17, 15) is 4.79 Å². The first-order valence-electron chi connectivity index (χ1n) is 8.27. The van der Waals surface area contributed by atoms with E-state index in [1.807, 2.05) is 7.05 Å². The van der Waals surface area contributed by atoms with Crippen LogP contribution in [0, 0.1) is 17.8 Å². The summed E-state index contributed by atoms with van der Waals surface area (Å²) < 4.78 is 6.87. The Kier molecular flexibility index (Phi) is 3.83. The molecule has 2 atom stereocenters. The number of imidazole rings is 1. The minimum absolute atomic E-state index is 0.00104. The lowest BCUT2D eigenvalue weighted by atomic mass is 9.61. The van der Waals surface area contributed by atoms with Crippen molar-refractivity contribution in [2.45, 2.75) is 31.7 Å². The van der Waals surface area contributed by atoms with Crippen molar-refractivity contribution in [1.82, 2.24) is 19.5 Å². The van der Waals surface area contributed by atoms with E-state index in [0.29, 0.717) is 28.8 Å². The number of carbonyl (C=O) groups excluding carboxylic acids is 1. The monoisotopic (exact) mass is 349 g/mol. The molecular formula is C16H20ClN5O2. The molecule has 5 rings (SSSR count). The molecule has 0 spiro atoms. The molecule has 0 aromatic carbocycles. The Hall–Kier alpha value is -1.89. The summed E-state index contributed by atoms with van der Waals surface area (Å²) in [7, 11) is 3.32. The van der Waals surface area contributed by atoms with E-state index in [1.54, 1.807) is 10.9 Å². The molecule has 0 radical (unpaired) electrons. The molecule has 24 heavy (non-hydrogen) atoms. The van der Waals surface area contributed by atoms with Gasteiger partial charge in [0.2, 0.25) is 5.28 Å². The number of methoxy groups -OCH3 is 1. The normalized spacial score (nSPS) is 29.0. The Morgan fingerprint density at radius 2 is 2.00 bits per heavy atom. The smallest absolute Gasteiger partial charge is 0.311 e. The highest BCUT2D eigenvalue weighted by Crippen LogP contribution is 2.46. The summed E-state index contributed by atoms with van der Waals surface area (Å²) in [6.07, 6.45) is 6.12. The molecule has 2 heterocycles. The average molecular weight is 350 g/mol. The number of aryl methyl sites for hydroxylation is 1. The highest BCUT2D eigenvalue weighted by atomic mass is 35.5. The van der Waals surface area contributed by atoms with Crippen molar-refractivity contribution in [3.63, 3.8) is 0 Å². The van der Waals surface area contributed by atoms with Crippen LogP contribution in [0.3, 0.4) is 0 Å². The van der Waals surface area contributed by atoms with Crippen molar-refractivity contribution in [3.05, 3.63) is 11.6 Å². The Balaban J connectivity index is 1.72. The molecule has 0 saturated heterocycles. The van der Waals surface area contributed by atoms with Crippen molar-refractivity contribution < 1.29 is 9.53 Å². The fourth-order valence-corrected chi connectivity index (χ4v) is 4.54. The van der Waals surface area contributed by atoms with Crippen LogP contribution in [0.25, 0.3) is 11.2 Å². The van der Waals surface area contributed by atoms with E-state index in [2.05, 4.69) is 20.3 Å². The van der Waals surface area contributed by atoms with Gasteiger partial charge in [-0.3, -0.25) is 4.79 Å². The Labute approximate surface area is 144 Å². The predicted molar refractivity (Wildman–Crippen MR) is 89.7 cm³/mol. The molecule has 3 fully saturated rings. The topological polar surface area (TPSA) is 81.9 Å². The van der Waals surface area contributed by atoms with Gasteiger partial charge in [0.15, 0.2) is 17.0 Å². The standard InChI is InChI=1S/C16H20ClN5O2/c1-22-7-18-12-13(20-16(17)21-14(12)22)19-11-9-5-3-8(4-6-9)10(11)15(23)24-2/h7-11H,3-6H2,1-2H3,(H,19,20,21). The van der Waals surface area contributed by atoms with Gasteiger partial charge in [-0.05, 0) is 49.1 Å². The number of nitrogens with one attached hydrogen (secondary N) is 1. The maximum atomic E-state index is 12.4. The third-order valence-corrected chi connectivity index (χ3v) is 5.70. The first-order valence-corrected chi connectivity index (χ1v) is 8.65. The van der Waals surface area contributed by atoms with Gasteiger partial charge in [-0.15, -0.1) is 0 Å². The number of esters is 1. The number of hydrogen-bond acceptors (Lipinski definition) is 6. The quantitative estimate of drug-likeness (QED) is 0.677. The van der Waals surface area contributed by atoms with Gasteiger partial charge >= 0.3 is 5.97 Å². The number of carbonyl (C=O) groups is 1. The number of halogens is 1. The van der Waals surface area contributed by atoms with E-state index in [0.717, 1.165) is 25.7 Å². The number of ether oxygens (including phenoxy) is 1. The second-order valence-corrected chi connectivity index (χ2v) is 7.10. The Morgan fingerprint density at radius 1 is 1.29 bits per heavy atom. The molecule has 7 nitrogen and oxygen atoms in total. The van der Waals surface area contributed by atoms with Crippen LogP contribution in [0.15, 0.2) is 6.33 Å². The maximum absolute atomic E-state index is 12.4. The number of nitrogens with zero attached hydrogens (tertiary/aromatic N) is 4. The van der Waals surface area contributed by atoms with Gasteiger partial charge in [0, 0.05) is 13.1 Å². The van der Waals surface area contributed by atoms with Crippen molar-refractivity contribution in [2.24, 2.45) is 24.8 Å². The van der Waals surface area contributed by atoms with Crippen molar-refractivity contribution >= 4 is 34.6 Å². The summed E-state index contributed by atoms with van der Waals surface area (Å²) in [5.74, 6) is 1.12. The zero-order valence-corrected chi connectivity index (χ0v) is 14.5. The fraction of sp³-hybridized carbons (Fsp3) is 0.625. The minimum atomic E-state index is -0.144. The second-order valence-electron chi connectivity index (χ2n) is 6.76. The average Bonchev–Trinajstić information content (AvgIpc) is 2.96. The summed E-state index contributed by atoms with van der Waals surface area (Å²) in [6.45, 7) is 0. The van der Waals surface area contributed by atoms with E-state index in [1.165, 1.54) is 7.11 Å². The van der Waals surface area contributed by atoms with Crippen LogP contribution < -0.4 is 5.32 Å². The zero-order valence-electron chi connectivity index (χ0n) is 13.7. The largest absolute Gasteiger partial charge is 0.469 e. The van der Waals surface area contributed by atoms with Gasteiger partial charge in [0.25, 0.3) is 0 Å². The van der Waals surface area contributed by atoms with Crippen LogP contribution in [0.5, 0.6) is 0 Å². The lowest BCUT2D eigenvalue weighted by molar-refractivity contribution is -0.152. The summed E-state index contributed by atoms with van der Waals surface area (Å²) >= 11 is 6.08. The van der Waals surface area contributed by atoms with Crippen LogP contribution in [0.4, 0.5) is 5.82 Å². The molecule has 2 aromatic heterocycles. The third-order valence-electron chi connectivity index (χ3n) is 5.53. The zero-order chi connectivity index (χ0) is 16.8. The molecule has 8 heteroatoms. The SMILES string of the molecule is COC(=O)C1C2CCC(CC2)C1Nc1nc(Cl)nc2c1ncn2C. The Bertz CT molecular complexity index is 784. The van der Waals surface area contributed by atoms with Gasteiger partial charge in [-0.1, -0.05) is 0 Å². The van der Waals surface area contributed by atoms with E-state index in [-0.39, 0.29) is 23.2 Å². The molecule has 0 aliphatic heterocycles. The second kappa shape index (κ2) is 5.88. The highest BCUT2D eigenvalue weighted by molar-refractivity contribution is 6.28. The molecule has 3 saturated carbocycles. The minimum Gasteiger partial charge on any atom is -0.469 e. The third kappa shape index (κ3) is 2.42. The van der Waals surface area contributed by atoms with Crippen molar-refractivity contribution in [2.75, 3.05) is 12.4 Å². The van der Waals surface area contributed by atoms with Gasteiger partial charge in [0.1, 0.15) is 0 Å². The van der Waals surface area contributed by atoms with Crippen LogP contribution in [-0.4, -0.2) is 38.6 Å². The lowest BCUT2D eigenvalue weighted by Gasteiger charge is -2.47. The van der Waals surface area contributed by atoms with E-state index < -0.39 is 0 Å². The summed E-state index contributed by atoms with van der Waals surface area (Å²) in [5.41, 5.74) is 1.35. The molecule has 2 unspecified atom stereocenters. The van der Waals surface area contributed by atoms with Crippen LogP contribution in [0.2, 0.25) is 5.28 Å². The molecule has 0 amide bonds. The van der Waals surface area contributed by atoms with Gasteiger partial charge < -0.3 is 14.6 Å². The summed E-state index contributed by atoms with van der Waals surface area (Å²) in [4.78, 5) is 25.3. The number of aromatic nitrogens is 4. The number of fused-ring (bicyclic) bond motifs is 4. The van der Waals surface area contributed by atoms with Crippen molar-refractivity contribution in [1.29, 1.82) is 0 Å².